The molecule has 0 aromatic carbocycles. The Bertz CT molecular complexity index is 332. The van der Waals surface area contributed by atoms with Gasteiger partial charge in [-0.25, -0.2) is 0 Å². The van der Waals surface area contributed by atoms with Gasteiger partial charge in [-0.3, -0.25) is 0 Å². The van der Waals surface area contributed by atoms with Crippen LogP contribution in [0.1, 0.15) is 64.7 Å². The van der Waals surface area contributed by atoms with Crippen LogP contribution in [0, 0.1) is 5.92 Å². The zero-order chi connectivity index (χ0) is 15.0. The predicted octanol–water partition coefficient (Wildman–Crippen LogP) is -1.45. The third kappa shape index (κ3) is 8.99. The maximum Gasteiger partial charge on any atom is 1.00 e. The summed E-state index contributed by atoms with van der Waals surface area (Å²) in [5.41, 5.74) is -1.14. The molecule has 0 spiro atoms. The van der Waals surface area contributed by atoms with Crippen molar-refractivity contribution in [3.63, 3.8) is 0 Å². The molecule has 4 nitrogen and oxygen atoms in total. The quantitative estimate of drug-likeness (QED) is 0.327. The maximum atomic E-state index is 10.7. The van der Waals surface area contributed by atoms with Crippen molar-refractivity contribution in [2.24, 2.45) is 5.92 Å². The number of unbranched alkanes of at least 4 members (excludes halogenated alkanes) is 2. The molecule has 0 aromatic rings. The van der Waals surface area contributed by atoms with Gasteiger partial charge in [0, 0.05) is 12.4 Å². The normalized spacial score (nSPS) is 27.3. The van der Waals surface area contributed by atoms with Crippen LogP contribution in [-0.4, -0.2) is 27.9 Å². The number of aliphatic hydroxyl groups is 2. The average Bonchev–Trinajstić information content (AvgIpc) is 2.35. The summed E-state index contributed by atoms with van der Waals surface area (Å²) < 4.78 is 0. The van der Waals surface area contributed by atoms with Gasteiger partial charge in [0.05, 0.1) is 11.7 Å². The molecule has 21 heavy (non-hydrogen) atoms. The predicted molar refractivity (Wildman–Crippen MR) is 75.8 cm³/mol. The summed E-state index contributed by atoms with van der Waals surface area (Å²) in [7, 11) is 0. The van der Waals surface area contributed by atoms with Crippen molar-refractivity contribution in [1.29, 1.82) is 0 Å². The van der Waals surface area contributed by atoms with Crippen LogP contribution in [0.15, 0.2) is 12.2 Å². The van der Waals surface area contributed by atoms with Crippen molar-refractivity contribution < 1.29 is 49.7 Å². The van der Waals surface area contributed by atoms with Gasteiger partial charge < -0.3 is 20.1 Å². The van der Waals surface area contributed by atoms with Crippen LogP contribution in [0.5, 0.6) is 0 Å². The number of aliphatic hydroxyl groups excluding tert-OH is 1. The number of carboxylic acids is 1. The summed E-state index contributed by atoms with van der Waals surface area (Å²) in [6, 6.07) is 0. The summed E-state index contributed by atoms with van der Waals surface area (Å²) >= 11 is 0. The number of carbonyl (C=O) groups excluding carboxylic acids is 1. The van der Waals surface area contributed by atoms with Crippen LogP contribution >= 0.6 is 0 Å². The number of rotatable bonds is 8. The van der Waals surface area contributed by atoms with E-state index in [1.54, 1.807) is 6.08 Å². The van der Waals surface area contributed by atoms with Crippen LogP contribution in [0.4, 0.5) is 0 Å². The van der Waals surface area contributed by atoms with Crippen molar-refractivity contribution in [3.8, 4) is 0 Å². The third-order valence-electron chi connectivity index (χ3n) is 4.04. The summed E-state index contributed by atoms with van der Waals surface area (Å²) in [4.78, 5) is 10.7. The van der Waals surface area contributed by atoms with Crippen LogP contribution in [0.3, 0.4) is 0 Å². The molecule has 1 saturated carbocycles. The Balaban J connectivity index is 0.00000400. The average molecular weight is 306 g/mol. The number of hydrogen-bond donors (Lipinski definition) is 2. The molecule has 3 atom stereocenters. The molecule has 0 heterocycles. The smallest absolute Gasteiger partial charge is 0.550 e. The monoisotopic (exact) mass is 306 g/mol. The Morgan fingerprint density at radius 3 is 2.81 bits per heavy atom. The van der Waals surface area contributed by atoms with Crippen molar-refractivity contribution in [3.05, 3.63) is 12.2 Å². The first-order valence-electron chi connectivity index (χ1n) is 7.74. The van der Waals surface area contributed by atoms with Gasteiger partial charge in [0.1, 0.15) is 0 Å². The number of carbonyl (C=O) groups is 1. The molecule has 116 valence electrons. The second-order valence-corrected chi connectivity index (χ2v) is 6.08. The number of carboxylic acid groups (broad SMARTS) is 1. The molecule has 0 amide bonds. The molecule has 0 aromatic heterocycles. The minimum Gasteiger partial charge on any atom is -0.550 e. The Morgan fingerprint density at radius 1 is 1.48 bits per heavy atom. The van der Waals surface area contributed by atoms with Crippen molar-refractivity contribution in [2.45, 2.75) is 76.4 Å². The largest absolute Gasteiger partial charge is 1.00 e. The van der Waals surface area contributed by atoms with E-state index in [1.807, 2.05) is 6.08 Å². The van der Waals surface area contributed by atoms with Gasteiger partial charge in [-0.15, -0.1) is 0 Å². The summed E-state index contributed by atoms with van der Waals surface area (Å²) in [5, 5.41) is 30.7. The van der Waals surface area contributed by atoms with Crippen LogP contribution in [0.25, 0.3) is 0 Å². The molecular formula is C16H27NaO4. The van der Waals surface area contributed by atoms with E-state index in [4.69, 9.17) is 0 Å². The van der Waals surface area contributed by atoms with E-state index >= 15 is 0 Å². The summed E-state index contributed by atoms with van der Waals surface area (Å²) in [6.45, 7) is 2.13. The molecular weight excluding hydrogens is 279 g/mol. The fourth-order valence-corrected chi connectivity index (χ4v) is 2.96. The van der Waals surface area contributed by atoms with Crippen molar-refractivity contribution in [1.82, 2.24) is 0 Å². The first-order chi connectivity index (χ1) is 9.45. The second kappa shape index (κ2) is 10.8. The van der Waals surface area contributed by atoms with E-state index < -0.39 is 17.7 Å². The molecule has 1 fully saturated rings. The summed E-state index contributed by atoms with van der Waals surface area (Å²) in [6.07, 6.45) is 9.76. The van der Waals surface area contributed by atoms with Crippen LogP contribution < -0.4 is 34.7 Å². The number of aliphatic carboxylic acids is 1. The molecule has 0 saturated heterocycles. The van der Waals surface area contributed by atoms with E-state index in [1.165, 1.54) is 0 Å². The number of hydrogen-bond acceptors (Lipinski definition) is 4. The van der Waals surface area contributed by atoms with Gasteiger partial charge in [-0.2, -0.15) is 0 Å². The minimum absolute atomic E-state index is 0. The van der Waals surface area contributed by atoms with Crippen LogP contribution in [-0.2, 0) is 4.79 Å². The first-order valence-corrected chi connectivity index (χ1v) is 7.74. The van der Waals surface area contributed by atoms with Gasteiger partial charge in [-0.05, 0) is 38.0 Å². The second-order valence-electron chi connectivity index (χ2n) is 6.08. The van der Waals surface area contributed by atoms with Crippen LogP contribution in [0.2, 0.25) is 0 Å². The zero-order valence-corrected chi connectivity index (χ0v) is 15.4. The Kier molecular flexibility index (Phi) is 10.9. The SMILES string of the molecule is CCCCC[C@@H](O)/C=C/[C@H]1CCC[C@@](O)(CC(=O)[O-])C1.[Na+]. The molecule has 0 unspecified atom stereocenters. The van der Waals surface area contributed by atoms with Gasteiger partial charge in [0.25, 0.3) is 0 Å². The van der Waals surface area contributed by atoms with E-state index in [2.05, 4.69) is 6.92 Å². The fraction of sp³-hybridized carbons (Fsp3) is 0.812. The van der Waals surface area contributed by atoms with E-state index in [0.717, 1.165) is 38.5 Å². The van der Waals surface area contributed by atoms with Crippen molar-refractivity contribution >= 4 is 5.97 Å². The zero-order valence-electron chi connectivity index (χ0n) is 13.4. The molecule has 1 aliphatic rings. The van der Waals surface area contributed by atoms with Gasteiger partial charge in [0.2, 0.25) is 0 Å². The molecule has 1 aliphatic carbocycles. The standard InChI is InChI=1S/C16H28O4.Na/c1-2-3-4-7-14(17)9-8-13-6-5-10-16(20,11-13)12-15(18)19;/h8-9,13-14,17,20H,2-7,10-12H2,1H3,(H,18,19);/q;+1/p-1/b9-8+;/t13-,14-,16+;/m1./s1. The van der Waals surface area contributed by atoms with Gasteiger partial charge >= 0.3 is 29.6 Å². The molecule has 2 N–H and O–H groups in total. The molecule has 0 bridgehead atoms. The topological polar surface area (TPSA) is 80.6 Å². The minimum atomic E-state index is -1.20. The first kappa shape index (κ1) is 21.1. The number of allylic oxidation sites excluding steroid dienone is 1. The summed E-state index contributed by atoms with van der Waals surface area (Å²) in [5.74, 6) is -1.05. The van der Waals surface area contributed by atoms with Gasteiger partial charge in [-0.1, -0.05) is 38.3 Å². The Labute approximate surface area is 149 Å². The maximum absolute atomic E-state index is 10.7. The van der Waals surface area contributed by atoms with E-state index in [-0.39, 0.29) is 41.9 Å². The van der Waals surface area contributed by atoms with E-state index in [9.17, 15) is 20.1 Å². The Hall–Kier alpha value is 0.130. The Morgan fingerprint density at radius 2 is 2.19 bits per heavy atom. The third-order valence-corrected chi connectivity index (χ3v) is 4.04. The van der Waals surface area contributed by atoms with Crippen molar-refractivity contribution in [2.75, 3.05) is 0 Å². The fourth-order valence-electron chi connectivity index (χ4n) is 2.96. The van der Waals surface area contributed by atoms with Gasteiger partial charge in [0.15, 0.2) is 0 Å². The molecule has 1 rings (SSSR count). The molecule has 0 radical (unpaired) electrons. The molecule has 0 aliphatic heterocycles. The van der Waals surface area contributed by atoms with E-state index in [0.29, 0.717) is 12.8 Å². The molecule has 5 heteroatoms.